The molecule has 2 N–H and O–H groups in total. The van der Waals surface area contributed by atoms with Crippen LogP contribution in [0.15, 0.2) is 24.3 Å². The number of hydrogen-bond donors (Lipinski definition) is 2. The van der Waals surface area contributed by atoms with Gasteiger partial charge in [-0.2, -0.15) is 0 Å². The molecule has 2 amide bonds. The van der Waals surface area contributed by atoms with Gasteiger partial charge in [-0.15, -0.1) is 0 Å². The number of ether oxygens (including phenoxy) is 1. The Morgan fingerprint density at radius 2 is 1.77 bits per heavy atom. The molecule has 1 fully saturated rings. The average molecular weight is 306 g/mol. The summed E-state index contributed by atoms with van der Waals surface area (Å²) in [6.45, 7) is 5.54. The molecule has 1 aliphatic rings. The van der Waals surface area contributed by atoms with Crippen LogP contribution in [-0.4, -0.2) is 61.7 Å². The third-order valence-electron chi connectivity index (χ3n) is 3.42. The molecular weight excluding hydrogens is 284 g/mol. The van der Waals surface area contributed by atoms with Crippen LogP contribution >= 0.6 is 0 Å². The molecule has 0 aromatic heterocycles. The maximum atomic E-state index is 11.9. The molecule has 0 saturated carbocycles. The molecule has 1 aromatic carbocycles. The van der Waals surface area contributed by atoms with E-state index in [1.165, 1.54) is 0 Å². The highest BCUT2D eigenvalue weighted by Gasteiger charge is 2.15. The number of anilines is 1. The Hall–Kier alpha value is -2.12. The summed E-state index contributed by atoms with van der Waals surface area (Å²) >= 11 is 0. The minimum Gasteiger partial charge on any atom is -0.462 e. The zero-order valence-corrected chi connectivity index (χ0v) is 13.0. The summed E-state index contributed by atoms with van der Waals surface area (Å²) in [7, 11) is 2.06. The van der Waals surface area contributed by atoms with Crippen LogP contribution < -0.4 is 10.7 Å². The summed E-state index contributed by atoms with van der Waals surface area (Å²) in [5.74, 6) is -0.365. The molecule has 1 aliphatic heterocycles. The van der Waals surface area contributed by atoms with E-state index in [4.69, 9.17) is 4.74 Å². The second-order valence-corrected chi connectivity index (χ2v) is 5.15. The van der Waals surface area contributed by atoms with E-state index >= 15 is 0 Å². The molecule has 0 radical (unpaired) electrons. The molecule has 1 aromatic rings. The number of nitrogens with one attached hydrogen (secondary N) is 2. The molecule has 120 valence electrons. The van der Waals surface area contributed by atoms with Crippen LogP contribution in [0.4, 0.5) is 10.5 Å². The maximum absolute atomic E-state index is 11.9. The van der Waals surface area contributed by atoms with Gasteiger partial charge >= 0.3 is 12.0 Å². The maximum Gasteiger partial charge on any atom is 0.338 e. The molecule has 0 aliphatic carbocycles. The Labute approximate surface area is 130 Å². The van der Waals surface area contributed by atoms with Crippen molar-refractivity contribution in [1.29, 1.82) is 0 Å². The van der Waals surface area contributed by atoms with Crippen molar-refractivity contribution in [2.75, 3.05) is 45.2 Å². The molecule has 7 heteroatoms. The van der Waals surface area contributed by atoms with E-state index in [1.54, 1.807) is 31.2 Å². The Bertz CT molecular complexity index is 510. The molecule has 1 saturated heterocycles. The van der Waals surface area contributed by atoms with Gasteiger partial charge in [0.15, 0.2) is 0 Å². The minimum atomic E-state index is -0.365. The number of nitrogens with zero attached hydrogens (tertiary/aromatic N) is 2. The van der Waals surface area contributed by atoms with E-state index < -0.39 is 0 Å². The molecule has 22 heavy (non-hydrogen) atoms. The van der Waals surface area contributed by atoms with Crippen molar-refractivity contribution >= 4 is 17.7 Å². The number of hydrazine groups is 1. The lowest BCUT2D eigenvalue weighted by Gasteiger charge is -2.32. The van der Waals surface area contributed by atoms with E-state index in [9.17, 15) is 9.59 Å². The van der Waals surface area contributed by atoms with Gasteiger partial charge in [-0.1, -0.05) is 0 Å². The second kappa shape index (κ2) is 7.77. The summed E-state index contributed by atoms with van der Waals surface area (Å²) in [6.07, 6.45) is 0. The predicted octanol–water partition coefficient (Wildman–Crippen LogP) is 1.15. The predicted molar refractivity (Wildman–Crippen MR) is 83.6 cm³/mol. The monoisotopic (exact) mass is 306 g/mol. The van der Waals surface area contributed by atoms with Crippen molar-refractivity contribution in [1.82, 2.24) is 15.3 Å². The Kier molecular flexibility index (Phi) is 5.74. The van der Waals surface area contributed by atoms with Gasteiger partial charge in [0.2, 0.25) is 0 Å². The minimum absolute atomic E-state index is 0.284. The van der Waals surface area contributed by atoms with Crippen LogP contribution in [0, 0.1) is 0 Å². The first-order valence-corrected chi connectivity index (χ1v) is 7.37. The molecule has 1 heterocycles. The average Bonchev–Trinajstić information content (AvgIpc) is 2.50. The topological polar surface area (TPSA) is 73.9 Å². The van der Waals surface area contributed by atoms with Crippen molar-refractivity contribution in [2.24, 2.45) is 0 Å². The summed E-state index contributed by atoms with van der Waals surface area (Å²) in [4.78, 5) is 25.7. The van der Waals surface area contributed by atoms with Crippen LogP contribution in [0.5, 0.6) is 0 Å². The van der Waals surface area contributed by atoms with Crippen LogP contribution in [0.3, 0.4) is 0 Å². The van der Waals surface area contributed by atoms with Crippen molar-refractivity contribution in [3.05, 3.63) is 29.8 Å². The van der Waals surface area contributed by atoms with Gasteiger partial charge in [0.05, 0.1) is 12.2 Å². The zero-order chi connectivity index (χ0) is 15.9. The highest BCUT2D eigenvalue weighted by atomic mass is 16.5. The van der Waals surface area contributed by atoms with E-state index in [0.29, 0.717) is 17.9 Å². The third kappa shape index (κ3) is 4.71. The number of piperazine rings is 1. The van der Waals surface area contributed by atoms with Crippen LogP contribution in [0.25, 0.3) is 0 Å². The second-order valence-electron chi connectivity index (χ2n) is 5.15. The largest absolute Gasteiger partial charge is 0.462 e. The summed E-state index contributed by atoms with van der Waals surface area (Å²) in [5, 5.41) is 4.63. The van der Waals surface area contributed by atoms with Crippen molar-refractivity contribution < 1.29 is 14.3 Å². The lowest BCUT2D eigenvalue weighted by atomic mass is 10.2. The number of carbonyl (C=O) groups excluding carboxylic acids is 2. The highest BCUT2D eigenvalue weighted by Crippen LogP contribution is 2.10. The van der Waals surface area contributed by atoms with Gasteiger partial charge < -0.3 is 15.0 Å². The number of hydrogen-bond acceptors (Lipinski definition) is 5. The number of rotatable bonds is 4. The standard InChI is InChI=1S/C15H22N4O3/c1-3-22-14(20)12-4-6-13(7-5-12)16-15(21)17-19-10-8-18(2)9-11-19/h4-7H,3,8-11H2,1-2H3,(H2,16,17,21). The number of urea groups is 1. The number of amides is 2. The molecule has 0 atom stereocenters. The van der Waals surface area contributed by atoms with Crippen LogP contribution in [-0.2, 0) is 4.74 Å². The number of benzene rings is 1. The van der Waals surface area contributed by atoms with E-state index in [-0.39, 0.29) is 12.0 Å². The summed E-state index contributed by atoms with van der Waals surface area (Å²) < 4.78 is 4.91. The van der Waals surface area contributed by atoms with E-state index in [0.717, 1.165) is 26.2 Å². The Morgan fingerprint density at radius 3 is 2.36 bits per heavy atom. The smallest absolute Gasteiger partial charge is 0.338 e. The van der Waals surface area contributed by atoms with Gasteiger partial charge in [-0.05, 0) is 38.2 Å². The van der Waals surface area contributed by atoms with E-state index in [1.807, 2.05) is 5.01 Å². The van der Waals surface area contributed by atoms with Crippen molar-refractivity contribution in [3.8, 4) is 0 Å². The van der Waals surface area contributed by atoms with Gasteiger partial charge in [-0.25, -0.2) is 14.6 Å². The van der Waals surface area contributed by atoms with Crippen molar-refractivity contribution in [2.45, 2.75) is 6.92 Å². The van der Waals surface area contributed by atoms with Gasteiger partial charge in [-0.3, -0.25) is 5.43 Å². The Morgan fingerprint density at radius 1 is 1.14 bits per heavy atom. The lowest BCUT2D eigenvalue weighted by Crippen LogP contribution is -2.53. The van der Waals surface area contributed by atoms with Gasteiger partial charge in [0.25, 0.3) is 0 Å². The molecule has 7 nitrogen and oxygen atoms in total. The number of esters is 1. The fraction of sp³-hybridized carbons (Fsp3) is 0.467. The molecule has 0 unspecified atom stereocenters. The van der Waals surface area contributed by atoms with E-state index in [2.05, 4.69) is 22.7 Å². The first kappa shape index (κ1) is 16.3. The fourth-order valence-electron chi connectivity index (χ4n) is 2.12. The van der Waals surface area contributed by atoms with Crippen molar-refractivity contribution in [3.63, 3.8) is 0 Å². The van der Waals surface area contributed by atoms with Crippen LogP contribution in [0.1, 0.15) is 17.3 Å². The lowest BCUT2D eigenvalue weighted by molar-refractivity contribution is 0.0526. The third-order valence-corrected chi connectivity index (χ3v) is 3.42. The number of likely N-dealkylation sites (N-methyl/N-ethyl adjacent to an activating group) is 1. The quantitative estimate of drug-likeness (QED) is 0.816. The molecule has 2 rings (SSSR count). The summed E-state index contributed by atoms with van der Waals surface area (Å²) in [6, 6.07) is 6.33. The zero-order valence-electron chi connectivity index (χ0n) is 13.0. The first-order chi connectivity index (χ1) is 10.6. The SMILES string of the molecule is CCOC(=O)c1ccc(NC(=O)NN2CCN(C)CC2)cc1. The Balaban J connectivity index is 1.82. The molecular formula is C15H22N4O3. The van der Waals surface area contributed by atoms with Crippen LogP contribution in [0.2, 0.25) is 0 Å². The van der Waals surface area contributed by atoms with Gasteiger partial charge in [0.1, 0.15) is 0 Å². The van der Waals surface area contributed by atoms with Gasteiger partial charge in [0, 0.05) is 31.9 Å². The first-order valence-electron chi connectivity index (χ1n) is 7.37. The molecule has 0 spiro atoms. The summed E-state index contributed by atoms with van der Waals surface area (Å²) in [5.41, 5.74) is 3.90. The number of carbonyl (C=O) groups is 2. The molecule has 0 bridgehead atoms. The normalized spacial score (nSPS) is 16.1. The highest BCUT2D eigenvalue weighted by molar-refractivity contribution is 5.92. The fourth-order valence-corrected chi connectivity index (χ4v) is 2.12.